The molecule has 0 radical (unpaired) electrons. The van der Waals surface area contributed by atoms with E-state index >= 15 is 0 Å². The molecule has 0 spiro atoms. The van der Waals surface area contributed by atoms with Gasteiger partial charge in [0.25, 0.3) is 0 Å². The van der Waals surface area contributed by atoms with Crippen molar-refractivity contribution in [1.82, 2.24) is 10.2 Å². The zero-order valence-corrected chi connectivity index (χ0v) is 9.22. The molecule has 0 rings (SSSR count). The summed E-state index contributed by atoms with van der Waals surface area (Å²) < 4.78 is 0. The second-order valence-electron chi connectivity index (χ2n) is 4.14. The molecule has 12 heavy (non-hydrogen) atoms. The van der Waals surface area contributed by atoms with Gasteiger partial charge in [0.2, 0.25) is 0 Å². The van der Waals surface area contributed by atoms with E-state index in [9.17, 15) is 0 Å². The van der Waals surface area contributed by atoms with Gasteiger partial charge in [0.15, 0.2) is 0 Å². The molecule has 0 aromatic rings. The molecule has 0 bridgehead atoms. The molecule has 2 heteroatoms. The SMILES string of the molecule is CC(C)C(C)NCCCN(C)C. The lowest BCUT2D eigenvalue weighted by Crippen LogP contribution is -2.32. The predicted octanol–water partition coefficient (Wildman–Crippen LogP) is 1.57. The molecule has 0 aliphatic rings. The van der Waals surface area contributed by atoms with Gasteiger partial charge in [-0.1, -0.05) is 13.8 Å². The van der Waals surface area contributed by atoms with Crippen molar-refractivity contribution in [3.05, 3.63) is 0 Å². The maximum absolute atomic E-state index is 3.51. The van der Waals surface area contributed by atoms with Crippen molar-refractivity contribution in [1.29, 1.82) is 0 Å². The van der Waals surface area contributed by atoms with Crippen LogP contribution >= 0.6 is 0 Å². The van der Waals surface area contributed by atoms with E-state index in [-0.39, 0.29) is 0 Å². The number of rotatable bonds is 6. The van der Waals surface area contributed by atoms with Gasteiger partial charge in [0, 0.05) is 6.04 Å². The molecule has 0 amide bonds. The maximum atomic E-state index is 3.51. The summed E-state index contributed by atoms with van der Waals surface area (Å²) in [4.78, 5) is 2.22. The fourth-order valence-electron chi connectivity index (χ4n) is 0.961. The van der Waals surface area contributed by atoms with E-state index in [0.29, 0.717) is 6.04 Å². The van der Waals surface area contributed by atoms with Crippen molar-refractivity contribution in [3.63, 3.8) is 0 Å². The van der Waals surface area contributed by atoms with Crippen molar-refractivity contribution >= 4 is 0 Å². The van der Waals surface area contributed by atoms with E-state index in [4.69, 9.17) is 0 Å². The Morgan fingerprint density at radius 1 is 1.17 bits per heavy atom. The first kappa shape index (κ1) is 11.9. The number of hydrogen-bond acceptors (Lipinski definition) is 2. The van der Waals surface area contributed by atoms with Crippen LogP contribution in [-0.2, 0) is 0 Å². The summed E-state index contributed by atoms with van der Waals surface area (Å²) in [5.74, 6) is 0.740. The van der Waals surface area contributed by atoms with Crippen LogP contribution in [0.15, 0.2) is 0 Å². The van der Waals surface area contributed by atoms with E-state index < -0.39 is 0 Å². The van der Waals surface area contributed by atoms with Gasteiger partial charge in [0.1, 0.15) is 0 Å². The van der Waals surface area contributed by atoms with Crippen molar-refractivity contribution in [2.75, 3.05) is 27.2 Å². The average Bonchev–Trinajstić information content (AvgIpc) is 1.97. The Hall–Kier alpha value is -0.0800. The van der Waals surface area contributed by atoms with Gasteiger partial charge in [0.05, 0.1) is 0 Å². The molecule has 0 fully saturated rings. The highest BCUT2D eigenvalue weighted by Crippen LogP contribution is 1.99. The molecule has 74 valence electrons. The number of nitrogens with zero attached hydrogens (tertiary/aromatic N) is 1. The van der Waals surface area contributed by atoms with Gasteiger partial charge >= 0.3 is 0 Å². The topological polar surface area (TPSA) is 15.3 Å². The highest BCUT2D eigenvalue weighted by molar-refractivity contribution is 4.64. The second-order valence-corrected chi connectivity index (χ2v) is 4.14. The van der Waals surface area contributed by atoms with Crippen LogP contribution in [0, 0.1) is 5.92 Å². The summed E-state index contributed by atoms with van der Waals surface area (Å²) in [6, 6.07) is 0.646. The average molecular weight is 172 g/mol. The standard InChI is InChI=1S/C10H24N2/c1-9(2)10(3)11-7-6-8-12(4)5/h9-11H,6-8H2,1-5H3. The van der Waals surface area contributed by atoms with Gasteiger partial charge in [-0.05, 0) is 46.4 Å². The summed E-state index contributed by atoms with van der Waals surface area (Å²) >= 11 is 0. The van der Waals surface area contributed by atoms with Crippen LogP contribution in [0.3, 0.4) is 0 Å². The van der Waals surface area contributed by atoms with Crippen molar-refractivity contribution in [2.24, 2.45) is 5.92 Å². The summed E-state index contributed by atoms with van der Waals surface area (Å²) in [6.07, 6.45) is 1.24. The summed E-state index contributed by atoms with van der Waals surface area (Å²) in [7, 11) is 4.23. The summed E-state index contributed by atoms with van der Waals surface area (Å²) in [6.45, 7) is 9.07. The third-order valence-electron chi connectivity index (χ3n) is 2.25. The Morgan fingerprint density at radius 3 is 2.17 bits per heavy atom. The van der Waals surface area contributed by atoms with E-state index in [1.165, 1.54) is 13.0 Å². The highest BCUT2D eigenvalue weighted by atomic mass is 15.1. The summed E-state index contributed by atoms with van der Waals surface area (Å²) in [5, 5.41) is 3.51. The molecular weight excluding hydrogens is 148 g/mol. The Balaban J connectivity index is 3.20. The first-order valence-corrected chi connectivity index (χ1v) is 4.92. The minimum Gasteiger partial charge on any atom is -0.314 e. The largest absolute Gasteiger partial charge is 0.314 e. The van der Waals surface area contributed by atoms with Crippen LogP contribution in [0.2, 0.25) is 0 Å². The molecular formula is C10H24N2. The smallest absolute Gasteiger partial charge is 0.00617 e. The zero-order valence-electron chi connectivity index (χ0n) is 9.22. The van der Waals surface area contributed by atoms with Crippen molar-refractivity contribution in [2.45, 2.75) is 33.2 Å². The Morgan fingerprint density at radius 2 is 1.75 bits per heavy atom. The van der Waals surface area contributed by atoms with E-state index in [0.717, 1.165) is 12.5 Å². The van der Waals surface area contributed by atoms with Gasteiger partial charge in [-0.2, -0.15) is 0 Å². The van der Waals surface area contributed by atoms with Crippen LogP contribution in [0.25, 0.3) is 0 Å². The van der Waals surface area contributed by atoms with Crippen molar-refractivity contribution < 1.29 is 0 Å². The Kier molecular flexibility index (Phi) is 6.39. The first-order valence-electron chi connectivity index (χ1n) is 4.92. The molecule has 0 aliphatic carbocycles. The molecule has 0 aromatic heterocycles. The lowest BCUT2D eigenvalue weighted by molar-refractivity contribution is 0.371. The van der Waals surface area contributed by atoms with Gasteiger partial charge in [-0.3, -0.25) is 0 Å². The molecule has 0 heterocycles. The molecule has 0 aromatic carbocycles. The molecule has 0 saturated carbocycles. The van der Waals surface area contributed by atoms with Crippen LogP contribution < -0.4 is 5.32 Å². The summed E-state index contributed by atoms with van der Waals surface area (Å²) in [5.41, 5.74) is 0. The van der Waals surface area contributed by atoms with Crippen LogP contribution in [0.4, 0.5) is 0 Å². The third-order valence-corrected chi connectivity index (χ3v) is 2.25. The van der Waals surface area contributed by atoms with Crippen LogP contribution in [-0.4, -0.2) is 38.1 Å². The van der Waals surface area contributed by atoms with Gasteiger partial charge in [-0.15, -0.1) is 0 Å². The van der Waals surface area contributed by atoms with Crippen LogP contribution in [0.1, 0.15) is 27.2 Å². The maximum Gasteiger partial charge on any atom is 0.00617 e. The normalized spacial score (nSPS) is 14.2. The third kappa shape index (κ3) is 6.62. The lowest BCUT2D eigenvalue weighted by atomic mass is 10.1. The molecule has 2 nitrogen and oxygen atoms in total. The molecule has 1 unspecified atom stereocenters. The monoisotopic (exact) mass is 172 g/mol. The predicted molar refractivity (Wildman–Crippen MR) is 55.5 cm³/mol. The fourth-order valence-corrected chi connectivity index (χ4v) is 0.961. The minimum absolute atomic E-state index is 0.646. The highest BCUT2D eigenvalue weighted by Gasteiger charge is 2.04. The van der Waals surface area contributed by atoms with Crippen LogP contribution in [0.5, 0.6) is 0 Å². The lowest BCUT2D eigenvalue weighted by Gasteiger charge is -2.18. The molecule has 1 N–H and O–H groups in total. The van der Waals surface area contributed by atoms with E-state index in [1.54, 1.807) is 0 Å². The Bertz CT molecular complexity index is 100. The zero-order chi connectivity index (χ0) is 9.56. The van der Waals surface area contributed by atoms with Gasteiger partial charge in [-0.25, -0.2) is 0 Å². The molecule has 0 aliphatic heterocycles. The number of hydrogen-bond donors (Lipinski definition) is 1. The molecule has 0 saturated heterocycles. The Labute approximate surface area is 77.3 Å². The quantitative estimate of drug-likeness (QED) is 0.612. The first-order chi connectivity index (χ1) is 5.54. The van der Waals surface area contributed by atoms with Crippen molar-refractivity contribution in [3.8, 4) is 0 Å². The fraction of sp³-hybridized carbons (Fsp3) is 1.00. The second kappa shape index (κ2) is 6.44. The van der Waals surface area contributed by atoms with Gasteiger partial charge < -0.3 is 10.2 Å². The number of nitrogens with one attached hydrogen (secondary N) is 1. The van der Waals surface area contributed by atoms with E-state index in [2.05, 4.69) is 45.1 Å². The minimum atomic E-state index is 0.646. The van der Waals surface area contributed by atoms with E-state index in [1.807, 2.05) is 0 Å². The molecule has 1 atom stereocenters.